The highest BCUT2D eigenvalue weighted by Gasteiger charge is 2.10. The monoisotopic (exact) mass is 359 g/mol. The molecule has 0 aliphatic carbocycles. The van der Waals surface area contributed by atoms with Crippen molar-refractivity contribution >= 4 is 27.3 Å². The molecule has 0 saturated heterocycles. The predicted molar refractivity (Wildman–Crippen MR) is 93.7 cm³/mol. The summed E-state index contributed by atoms with van der Waals surface area (Å²) in [6.07, 6.45) is 5.10. The smallest absolute Gasteiger partial charge is 0.251 e. The van der Waals surface area contributed by atoms with Gasteiger partial charge in [-0.05, 0) is 37.3 Å². The molecule has 25 heavy (non-hydrogen) atoms. The van der Waals surface area contributed by atoms with Gasteiger partial charge in [0.1, 0.15) is 0 Å². The Balaban J connectivity index is 1.65. The van der Waals surface area contributed by atoms with E-state index in [1.54, 1.807) is 60.4 Å². The van der Waals surface area contributed by atoms with Gasteiger partial charge in [-0.3, -0.25) is 9.52 Å². The Morgan fingerprint density at radius 1 is 1.24 bits per heavy atom. The number of fused-ring (bicyclic) bond motifs is 1. The lowest BCUT2D eigenvalue weighted by atomic mass is 10.2. The third-order valence-electron chi connectivity index (χ3n) is 3.59. The fourth-order valence-corrected chi connectivity index (χ4v) is 2.86. The molecule has 130 valence electrons. The van der Waals surface area contributed by atoms with Crippen molar-refractivity contribution in [2.24, 2.45) is 0 Å². The Morgan fingerprint density at radius 3 is 2.72 bits per heavy atom. The molecular weight excluding hydrogens is 342 g/mol. The molecule has 3 aromatic rings. The fourth-order valence-electron chi connectivity index (χ4n) is 2.22. The van der Waals surface area contributed by atoms with Crippen molar-refractivity contribution in [2.45, 2.75) is 13.5 Å². The van der Waals surface area contributed by atoms with Gasteiger partial charge in [0.2, 0.25) is 10.0 Å². The van der Waals surface area contributed by atoms with Gasteiger partial charge < -0.3 is 5.32 Å². The molecule has 2 aromatic heterocycles. The molecule has 0 aliphatic rings. The van der Waals surface area contributed by atoms with Crippen LogP contribution < -0.4 is 10.0 Å². The molecule has 9 heteroatoms. The van der Waals surface area contributed by atoms with E-state index in [0.29, 0.717) is 23.4 Å². The van der Waals surface area contributed by atoms with Crippen LogP contribution in [-0.4, -0.2) is 34.7 Å². The summed E-state index contributed by atoms with van der Waals surface area (Å²) in [5.74, 6) is -0.275. The van der Waals surface area contributed by atoms with Gasteiger partial charge in [-0.1, -0.05) is 0 Å². The first-order chi connectivity index (χ1) is 12.0. The third-order valence-corrected chi connectivity index (χ3v) is 4.90. The molecule has 1 amide bonds. The zero-order valence-corrected chi connectivity index (χ0v) is 14.3. The fraction of sp³-hybridized carbons (Fsp3) is 0.188. The molecule has 0 spiro atoms. The van der Waals surface area contributed by atoms with Crippen molar-refractivity contribution in [1.29, 1.82) is 0 Å². The summed E-state index contributed by atoms with van der Waals surface area (Å²) in [7, 11) is -3.33. The Kier molecular flexibility index (Phi) is 4.66. The molecule has 0 bridgehead atoms. The van der Waals surface area contributed by atoms with Gasteiger partial charge in [-0.25, -0.2) is 17.9 Å². The number of carbonyl (C=O) groups is 1. The maximum absolute atomic E-state index is 12.2. The van der Waals surface area contributed by atoms with Crippen molar-refractivity contribution in [3.8, 4) is 0 Å². The van der Waals surface area contributed by atoms with E-state index in [-0.39, 0.29) is 11.7 Å². The number of anilines is 1. The standard InChI is InChI=1S/C16H17N5O3S/c1-2-25(23,24)20-14-6-4-12(5-7-14)16(22)18-10-13-11-19-21-9-3-8-17-15(13)21/h3-9,11,20H,2,10H2,1H3,(H,18,22). The van der Waals surface area contributed by atoms with Gasteiger partial charge in [-0.2, -0.15) is 5.10 Å². The summed E-state index contributed by atoms with van der Waals surface area (Å²) < 4.78 is 27.1. The number of carbonyl (C=O) groups excluding carboxylic acids is 1. The molecule has 8 nitrogen and oxygen atoms in total. The molecule has 0 atom stereocenters. The molecule has 2 heterocycles. The maximum Gasteiger partial charge on any atom is 0.251 e. The van der Waals surface area contributed by atoms with E-state index in [0.717, 1.165) is 5.56 Å². The van der Waals surface area contributed by atoms with E-state index >= 15 is 0 Å². The number of nitrogens with one attached hydrogen (secondary N) is 2. The van der Waals surface area contributed by atoms with E-state index in [1.165, 1.54) is 0 Å². The first kappa shape index (κ1) is 16.9. The highest BCUT2D eigenvalue weighted by atomic mass is 32.2. The lowest BCUT2D eigenvalue weighted by Gasteiger charge is -2.07. The molecular formula is C16H17N5O3S. The largest absolute Gasteiger partial charge is 0.348 e. The van der Waals surface area contributed by atoms with Crippen LogP contribution in [0.3, 0.4) is 0 Å². The SMILES string of the molecule is CCS(=O)(=O)Nc1ccc(C(=O)NCc2cnn3cccnc23)cc1. The van der Waals surface area contributed by atoms with Crippen LogP contribution in [0, 0.1) is 0 Å². The molecule has 0 fully saturated rings. The second-order valence-electron chi connectivity index (χ2n) is 5.32. The molecule has 0 radical (unpaired) electrons. The topological polar surface area (TPSA) is 105 Å². The van der Waals surface area contributed by atoms with Gasteiger partial charge in [0.15, 0.2) is 5.65 Å². The minimum Gasteiger partial charge on any atom is -0.348 e. The summed E-state index contributed by atoms with van der Waals surface area (Å²) in [6.45, 7) is 1.85. The Morgan fingerprint density at radius 2 is 2.00 bits per heavy atom. The minimum absolute atomic E-state index is 0.0110. The first-order valence-corrected chi connectivity index (χ1v) is 9.30. The van der Waals surface area contributed by atoms with Crippen molar-refractivity contribution in [3.05, 3.63) is 60.0 Å². The van der Waals surface area contributed by atoms with E-state index in [4.69, 9.17) is 0 Å². The lowest BCUT2D eigenvalue weighted by molar-refractivity contribution is 0.0951. The zero-order chi connectivity index (χ0) is 17.9. The van der Waals surface area contributed by atoms with Crippen molar-refractivity contribution in [3.63, 3.8) is 0 Å². The Labute approximate surface area is 144 Å². The average molecular weight is 359 g/mol. The number of benzene rings is 1. The van der Waals surface area contributed by atoms with Crippen LogP contribution in [0.5, 0.6) is 0 Å². The van der Waals surface area contributed by atoms with Crippen LogP contribution in [0.25, 0.3) is 5.65 Å². The number of hydrogen-bond donors (Lipinski definition) is 2. The van der Waals surface area contributed by atoms with E-state index in [1.807, 2.05) is 0 Å². The van der Waals surface area contributed by atoms with Crippen LogP contribution in [0.1, 0.15) is 22.8 Å². The number of hydrogen-bond acceptors (Lipinski definition) is 5. The number of rotatable bonds is 6. The second-order valence-corrected chi connectivity index (χ2v) is 7.33. The van der Waals surface area contributed by atoms with E-state index < -0.39 is 10.0 Å². The lowest BCUT2D eigenvalue weighted by Crippen LogP contribution is -2.22. The maximum atomic E-state index is 12.2. The van der Waals surface area contributed by atoms with Gasteiger partial charge in [0.05, 0.1) is 11.9 Å². The summed E-state index contributed by atoms with van der Waals surface area (Å²) >= 11 is 0. The number of nitrogens with zero attached hydrogens (tertiary/aromatic N) is 3. The minimum atomic E-state index is -3.33. The van der Waals surface area contributed by atoms with Crippen LogP contribution in [-0.2, 0) is 16.6 Å². The van der Waals surface area contributed by atoms with Crippen molar-refractivity contribution < 1.29 is 13.2 Å². The zero-order valence-electron chi connectivity index (χ0n) is 13.5. The molecule has 1 aromatic carbocycles. The van der Waals surface area contributed by atoms with Crippen LogP contribution >= 0.6 is 0 Å². The quantitative estimate of drug-likeness (QED) is 0.692. The Hall–Kier alpha value is -2.94. The molecule has 2 N–H and O–H groups in total. The van der Waals surface area contributed by atoms with Gasteiger partial charge >= 0.3 is 0 Å². The summed E-state index contributed by atoms with van der Waals surface area (Å²) in [5, 5.41) is 6.96. The predicted octanol–water partition coefficient (Wildman–Crippen LogP) is 1.42. The number of amides is 1. The molecule has 3 rings (SSSR count). The molecule has 0 unspecified atom stereocenters. The average Bonchev–Trinajstić information content (AvgIpc) is 3.03. The highest BCUT2D eigenvalue weighted by Crippen LogP contribution is 2.12. The first-order valence-electron chi connectivity index (χ1n) is 7.64. The second kappa shape index (κ2) is 6.89. The highest BCUT2D eigenvalue weighted by molar-refractivity contribution is 7.92. The van der Waals surface area contributed by atoms with Gasteiger partial charge in [-0.15, -0.1) is 0 Å². The summed E-state index contributed by atoms with van der Waals surface area (Å²) in [4.78, 5) is 16.5. The van der Waals surface area contributed by atoms with E-state index in [9.17, 15) is 13.2 Å². The van der Waals surface area contributed by atoms with Crippen LogP contribution in [0.4, 0.5) is 5.69 Å². The van der Waals surface area contributed by atoms with Crippen molar-refractivity contribution in [2.75, 3.05) is 10.5 Å². The Bertz CT molecular complexity index is 996. The van der Waals surface area contributed by atoms with Gasteiger partial charge in [0, 0.05) is 35.8 Å². The molecule has 0 saturated carbocycles. The third kappa shape index (κ3) is 3.94. The van der Waals surface area contributed by atoms with E-state index in [2.05, 4.69) is 20.1 Å². The van der Waals surface area contributed by atoms with Crippen LogP contribution in [0.15, 0.2) is 48.9 Å². The number of aromatic nitrogens is 3. The van der Waals surface area contributed by atoms with Crippen molar-refractivity contribution in [1.82, 2.24) is 19.9 Å². The number of sulfonamides is 1. The van der Waals surface area contributed by atoms with Crippen LogP contribution in [0.2, 0.25) is 0 Å². The summed E-state index contributed by atoms with van der Waals surface area (Å²) in [5.41, 5.74) is 2.35. The molecule has 0 aliphatic heterocycles. The summed E-state index contributed by atoms with van der Waals surface area (Å²) in [6, 6.07) is 8.02. The van der Waals surface area contributed by atoms with Gasteiger partial charge in [0.25, 0.3) is 5.91 Å². The normalized spacial score (nSPS) is 11.4.